The van der Waals surface area contributed by atoms with Crippen LogP contribution in [0.4, 0.5) is 0 Å². The lowest BCUT2D eigenvalue weighted by Gasteiger charge is -2.21. The summed E-state index contributed by atoms with van der Waals surface area (Å²) in [6.45, 7) is 0.741. The van der Waals surface area contributed by atoms with Crippen LogP contribution < -0.4 is 10.9 Å². The second kappa shape index (κ2) is 7.41. The number of nitrogens with one attached hydrogen (secondary N) is 1. The summed E-state index contributed by atoms with van der Waals surface area (Å²) in [4.78, 5) is 24.7. The van der Waals surface area contributed by atoms with Gasteiger partial charge in [-0.25, -0.2) is 9.36 Å². The average molecular weight is 357 g/mol. The Morgan fingerprint density at radius 2 is 2.12 bits per heavy atom. The van der Waals surface area contributed by atoms with Crippen LogP contribution in [0.5, 0.6) is 0 Å². The molecule has 2 aromatic heterocycles. The van der Waals surface area contributed by atoms with Gasteiger partial charge in [0.15, 0.2) is 5.82 Å². The highest BCUT2D eigenvalue weighted by Gasteiger charge is 2.33. The molecule has 0 radical (unpaired) electrons. The van der Waals surface area contributed by atoms with E-state index in [1.807, 2.05) is 0 Å². The van der Waals surface area contributed by atoms with Crippen molar-refractivity contribution in [3.63, 3.8) is 0 Å². The zero-order chi connectivity index (χ0) is 17.9. The number of carbonyl (C=O) groups excluding carboxylic acids is 1. The average Bonchev–Trinajstić information content (AvgIpc) is 3.38. The normalized spacial score (nSPS) is 23.4. The first-order valence-corrected chi connectivity index (χ1v) is 9.18. The van der Waals surface area contributed by atoms with Crippen LogP contribution in [0.3, 0.4) is 0 Å². The molecule has 26 heavy (non-hydrogen) atoms. The van der Waals surface area contributed by atoms with Crippen LogP contribution in [0.1, 0.15) is 38.1 Å². The van der Waals surface area contributed by atoms with Crippen molar-refractivity contribution in [3.05, 3.63) is 40.9 Å². The van der Waals surface area contributed by atoms with E-state index >= 15 is 0 Å². The molecule has 0 bridgehead atoms. The standard InChI is InChI=1S/C18H23N5O3/c24-17(10-13-4-1-2-5-13)20-14-11-26-12-15(14)23-18(25)7-6-16(21-23)22-9-3-8-19-22/h3,6-9,13-15H,1-2,4-5,10-12H2,(H,20,24). The molecule has 1 N–H and O–H groups in total. The predicted octanol–water partition coefficient (Wildman–Crippen LogP) is 1.07. The zero-order valence-corrected chi connectivity index (χ0v) is 14.6. The van der Waals surface area contributed by atoms with Crippen LogP contribution in [-0.4, -0.2) is 44.7 Å². The van der Waals surface area contributed by atoms with Gasteiger partial charge in [0.05, 0.1) is 19.3 Å². The Hall–Kier alpha value is -2.48. The third kappa shape index (κ3) is 3.55. The fraction of sp³-hybridized carbons (Fsp3) is 0.556. The smallest absolute Gasteiger partial charge is 0.267 e. The third-order valence-electron chi connectivity index (χ3n) is 5.21. The predicted molar refractivity (Wildman–Crippen MR) is 94.0 cm³/mol. The Kier molecular flexibility index (Phi) is 4.83. The van der Waals surface area contributed by atoms with Gasteiger partial charge in [0.25, 0.3) is 5.56 Å². The van der Waals surface area contributed by atoms with E-state index in [2.05, 4.69) is 15.5 Å². The van der Waals surface area contributed by atoms with Crippen LogP contribution in [0, 0.1) is 5.92 Å². The number of aromatic nitrogens is 4. The van der Waals surface area contributed by atoms with Crippen molar-refractivity contribution < 1.29 is 9.53 Å². The Morgan fingerprint density at radius 3 is 2.88 bits per heavy atom. The maximum Gasteiger partial charge on any atom is 0.267 e. The van der Waals surface area contributed by atoms with Crippen molar-refractivity contribution in [2.45, 2.75) is 44.2 Å². The fourth-order valence-corrected chi connectivity index (χ4v) is 3.84. The van der Waals surface area contributed by atoms with Gasteiger partial charge in [0.1, 0.15) is 6.04 Å². The van der Waals surface area contributed by atoms with E-state index in [-0.39, 0.29) is 23.6 Å². The Morgan fingerprint density at radius 1 is 1.27 bits per heavy atom. The van der Waals surface area contributed by atoms with Crippen molar-refractivity contribution in [1.29, 1.82) is 0 Å². The van der Waals surface area contributed by atoms with Gasteiger partial charge >= 0.3 is 0 Å². The zero-order valence-electron chi connectivity index (χ0n) is 14.6. The van der Waals surface area contributed by atoms with Gasteiger partial charge in [-0.3, -0.25) is 9.59 Å². The second-order valence-corrected chi connectivity index (χ2v) is 7.06. The van der Waals surface area contributed by atoms with E-state index in [1.54, 1.807) is 29.2 Å². The maximum absolute atomic E-state index is 12.4. The number of ether oxygens (including phenoxy) is 1. The van der Waals surface area contributed by atoms with E-state index in [9.17, 15) is 9.59 Å². The van der Waals surface area contributed by atoms with Crippen LogP contribution in [0.25, 0.3) is 5.82 Å². The fourth-order valence-electron chi connectivity index (χ4n) is 3.84. The van der Waals surface area contributed by atoms with Gasteiger partial charge in [0, 0.05) is 24.9 Å². The topological polar surface area (TPSA) is 91.0 Å². The van der Waals surface area contributed by atoms with Gasteiger partial charge in [0.2, 0.25) is 5.91 Å². The summed E-state index contributed by atoms with van der Waals surface area (Å²) in [6, 6.07) is 4.34. The molecule has 8 heteroatoms. The molecule has 1 amide bonds. The van der Waals surface area contributed by atoms with E-state index in [4.69, 9.17) is 4.74 Å². The molecule has 1 aliphatic carbocycles. The van der Waals surface area contributed by atoms with Crippen molar-refractivity contribution in [2.75, 3.05) is 13.2 Å². The molecule has 1 saturated heterocycles. The molecule has 0 spiro atoms. The van der Waals surface area contributed by atoms with Crippen molar-refractivity contribution >= 4 is 5.91 Å². The summed E-state index contributed by atoms with van der Waals surface area (Å²) in [5, 5.41) is 11.6. The highest BCUT2D eigenvalue weighted by atomic mass is 16.5. The van der Waals surface area contributed by atoms with E-state index in [1.165, 1.54) is 23.6 Å². The second-order valence-electron chi connectivity index (χ2n) is 7.06. The van der Waals surface area contributed by atoms with E-state index in [0.29, 0.717) is 31.4 Å². The van der Waals surface area contributed by atoms with Gasteiger partial charge in [-0.15, -0.1) is 5.10 Å². The first-order valence-electron chi connectivity index (χ1n) is 9.18. The molecule has 138 valence electrons. The summed E-state index contributed by atoms with van der Waals surface area (Å²) in [5.74, 6) is 1.07. The first kappa shape index (κ1) is 17.0. The molecule has 0 aromatic carbocycles. The number of nitrogens with zero attached hydrogens (tertiary/aromatic N) is 4. The molecule has 2 aromatic rings. The van der Waals surface area contributed by atoms with Gasteiger partial charge in [-0.1, -0.05) is 12.8 Å². The summed E-state index contributed by atoms with van der Waals surface area (Å²) < 4.78 is 8.55. The van der Waals surface area contributed by atoms with Crippen LogP contribution >= 0.6 is 0 Å². The number of hydrogen-bond acceptors (Lipinski definition) is 5. The van der Waals surface area contributed by atoms with Crippen LogP contribution in [0.2, 0.25) is 0 Å². The molecular formula is C18H23N5O3. The first-order chi connectivity index (χ1) is 12.7. The van der Waals surface area contributed by atoms with E-state index in [0.717, 1.165) is 12.8 Å². The molecule has 3 heterocycles. The number of amides is 1. The van der Waals surface area contributed by atoms with Gasteiger partial charge < -0.3 is 10.1 Å². The molecule has 4 rings (SSSR count). The van der Waals surface area contributed by atoms with Crippen molar-refractivity contribution in [1.82, 2.24) is 24.9 Å². The minimum absolute atomic E-state index is 0.0358. The Balaban J connectivity index is 1.50. The number of carbonyl (C=O) groups is 1. The SMILES string of the molecule is O=C(CC1CCCC1)NC1COCC1n1nc(-n2cccn2)ccc1=O. The number of hydrogen-bond donors (Lipinski definition) is 1. The lowest BCUT2D eigenvalue weighted by Crippen LogP contribution is -2.44. The lowest BCUT2D eigenvalue weighted by molar-refractivity contribution is -0.122. The summed E-state index contributed by atoms with van der Waals surface area (Å²) >= 11 is 0. The van der Waals surface area contributed by atoms with Crippen molar-refractivity contribution in [2.24, 2.45) is 5.92 Å². The molecule has 2 fully saturated rings. The largest absolute Gasteiger partial charge is 0.377 e. The molecule has 2 atom stereocenters. The molecule has 8 nitrogen and oxygen atoms in total. The maximum atomic E-state index is 12.4. The van der Waals surface area contributed by atoms with Crippen molar-refractivity contribution in [3.8, 4) is 5.82 Å². The lowest BCUT2D eigenvalue weighted by atomic mass is 10.0. The van der Waals surface area contributed by atoms with Gasteiger partial charge in [-0.05, 0) is 30.9 Å². The minimum atomic E-state index is -0.314. The third-order valence-corrected chi connectivity index (χ3v) is 5.21. The van der Waals surface area contributed by atoms with Gasteiger partial charge in [-0.2, -0.15) is 5.10 Å². The monoisotopic (exact) mass is 357 g/mol. The summed E-state index contributed by atoms with van der Waals surface area (Å²) in [7, 11) is 0. The quantitative estimate of drug-likeness (QED) is 0.864. The Labute approximate surface area is 151 Å². The Bertz CT molecular complexity index is 810. The highest BCUT2D eigenvalue weighted by molar-refractivity contribution is 5.76. The summed E-state index contributed by atoms with van der Waals surface area (Å²) in [6.07, 6.45) is 8.67. The van der Waals surface area contributed by atoms with E-state index < -0.39 is 0 Å². The minimum Gasteiger partial charge on any atom is -0.377 e. The summed E-state index contributed by atoms with van der Waals surface area (Å²) in [5.41, 5.74) is -0.216. The van der Waals surface area contributed by atoms with Crippen LogP contribution in [-0.2, 0) is 9.53 Å². The molecule has 1 saturated carbocycles. The molecular weight excluding hydrogens is 334 g/mol. The number of rotatable bonds is 5. The molecule has 2 unspecified atom stereocenters. The highest BCUT2D eigenvalue weighted by Crippen LogP contribution is 2.27. The molecule has 1 aliphatic heterocycles. The molecule has 2 aliphatic rings. The van der Waals surface area contributed by atoms with Crippen LogP contribution in [0.15, 0.2) is 35.4 Å².